The van der Waals surface area contributed by atoms with Crippen LogP contribution in [-0.2, 0) is 0 Å². The number of hydrogen-bond acceptors (Lipinski definition) is 6. The molecule has 0 atom stereocenters. The fourth-order valence-corrected chi connectivity index (χ4v) is 3.72. The normalized spacial score (nSPS) is 11.4. The van der Waals surface area contributed by atoms with Gasteiger partial charge in [-0.3, -0.25) is 5.43 Å². The molecule has 1 heterocycles. The molecule has 29 heavy (non-hydrogen) atoms. The highest BCUT2D eigenvalue weighted by molar-refractivity contribution is 9.10. The van der Waals surface area contributed by atoms with Crippen LogP contribution in [0.2, 0.25) is 0 Å². The third-order valence-corrected chi connectivity index (χ3v) is 5.51. The molecule has 0 saturated carbocycles. The van der Waals surface area contributed by atoms with Gasteiger partial charge in [-0.1, -0.05) is 76.2 Å². The van der Waals surface area contributed by atoms with Gasteiger partial charge < -0.3 is 0 Å². The van der Waals surface area contributed by atoms with Crippen molar-refractivity contribution < 1.29 is 0 Å². The van der Waals surface area contributed by atoms with E-state index in [4.69, 9.17) is 0 Å². The Morgan fingerprint density at radius 3 is 2.34 bits per heavy atom. The number of aromatic nitrogens is 4. The van der Waals surface area contributed by atoms with Crippen molar-refractivity contribution in [3.63, 3.8) is 0 Å². The molecule has 8 heteroatoms. The summed E-state index contributed by atoms with van der Waals surface area (Å²) in [5.41, 5.74) is 6.92. The summed E-state index contributed by atoms with van der Waals surface area (Å²) in [7, 11) is 0. The first-order valence-corrected chi connectivity index (χ1v) is 10.7. The summed E-state index contributed by atoms with van der Waals surface area (Å²) in [5, 5.41) is 17.5. The molecule has 0 fully saturated rings. The number of halogens is 1. The quantitative estimate of drug-likeness (QED) is 0.236. The Bertz CT molecular complexity index is 1080. The second kappa shape index (κ2) is 9.49. The molecule has 0 bridgehead atoms. The van der Waals surface area contributed by atoms with Crippen LogP contribution in [0.3, 0.4) is 0 Å². The minimum absolute atomic E-state index is 0.606. The van der Waals surface area contributed by atoms with Crippen LogP contribution in [0.15, 0.2) is 99.7 Å². The summed E-state index contributed by atoms with van der Waals surface area (Å²) in [6.07, 6.45) is 0. The first-order valence-electron chi connectivity index (χ1n) is 8.90. The molecule has 0 aliphatic heterocycles. The van der Waals surface area contributed by atoms with Gasteiger partial charge in [0.05, 0.1) is 17.1 Å². The highest BCUT2D eigenvalue weighted by Crippen LogP contribution is 2.21. The molecule has 0 radical (unpaired) electrons. The van der Waals surface area contributed by atoms with Gasteiger partial charge in [-0.2, -0.15) is 9.78 Å². The van der Waals surface area contributed by atoms with E-state index >= 15 is 0 Å². The van der Waals surface area contributed by atoms with E-state index in [9.17, 15) is 0 Å². The summed E-state index contributed by atoms with van der Waals surface area (Å²) < 4.78 is 2.76. The summed E-state index contributed by atoms with van der Waals surface area (Å²) in [6, 6.07) is 27.8. The number of hydrazone groups is 1. The third kappa shape index (κ3) is 5.10. The van der Waals surface area contributed by atoms with Gasteiger partial charge in [-0.15, -0.1) is 5.10 Å². The van der Waals surface area contributed by atoms with Crippen molar-refractivity contribution in [2.24, 2.45) is 5.10 Å². The van der Waals surface area contributed by atoms with Crippen molar-refractivity contribution in [2.75, 3.05) is 11.2 Å². The molecule has 144 valence electrons. The number of hydrogen-bond donors (Lipinski definition) is 1. The summed E-state index contributed by atoms with van der Waals surface area (Å²) >= 11 is 5.02. The number of benzene rings is 3. The predicted molar refractivity (Wildman–Crippen MR) is 121 cm³/mol. The van der Waals surface area contributed by atoms with Gasteiger partial charge in [0, 0.05) is 10.2 Å². The van der Waals surface area contributed by atoms with E-state index in [-0.39, 0.29) is 0 Å². The van der Waals surface area contributed by atoms with Crippen LogP contribution in [0.25, 0.3) is 5.69 Å². The fraction of sp³-hybridized carbons (Fsp3) is 0.0476. The van der Waals surface area contributed by atoms with E-state index < -0.39 is 0 Å². The molecular weight excluding hydrogens is 448 g/mol. The van der Waals surface area contributed by atoms with Gasteiger partial charge in [0.2, 0.25) is 5.16 Å². The number of nitrogens with one attached hydrogen (secondary N) is 1. The highest BCUT2D eigenvalue weighted by atomic mass is 79.9. The Morgan fingerprint density at radius 1 is 0.931 bits per heavy atom. The van der Waals surface area contributed by atoms with E-state index in [0.717, 1.165) is 27.1 Å². The van der Waals surface area contributed by atoms with E-state index in [2.05, 4.69) is 42.0 Å². The third-order valence-electron chi connectivity index (χ3n) is 4.05. The maximum atomic E-state index is 4.65. The Balaban J connectivity index is 1.56. The molecule has 4 aromatic rings. The van der Waals surface area contributed by atoms with Crippen LogP contribution in [0.1, 0.15) is 5.56 Å². The summed E-state index contributed by atoms with van der Waals surface area (Å²) in [4.78, 5) is 0. The Kier molecular flexibility index (Phi) is 6.33. The lowest BCUT2D eigenvalue weighted by Gasteiger charge is -2.09. The lowest BCUT2D eigenvalue weighted by Crippen LogP contribution is -2.09. The Hall–Kier alpha value is -2.97. The molecule has 6 nitrogen and oxygen atoms in total. The minimum atomic E-state index is 0.606. The first kappa shape index (κ1) is 19.4. The molecule has 3 aromatic carbocycles. The number of rotatable bonds is 7. The van der Waals surface area contributed by atoms with Crippen molar-refractivity contribution in [1.29, 1.82) is 0 Å². The standard InChI is InChI=1S/C21H17BrN6S/c22-17-13-11-16(12-14-17)20(24-23-18-7-3-1-4-8-18)15-29-21-25-26-27-28(21)19-9-5-2-6-10-19/h1-14,23H,15H2. The van der Waals surface area contributed by atoms with Gasteiger partial charge in [0.15, 0.2) is 0 Å². The number of anilines is 1. The van der Waals surface area contributed by atoms with Crippen LogP contribution in [0.4, 0.5) is 5.69 Å². The zero-order valence-corrected chi connectivity index (χ0v) is 17.7. The summed E-state index contributed by atoms with van der Waals surface area (Å²) in [5.74, 6) is 0.606. The largest absolute Gasteiger partial charge is 0.278 e. The van der Waals surface area contributed by atoms with Crippen LogP contribution >= 0.6 is 27.7 Å². The van der Waals surface area contributed by atoms with Crippen molar-refractivity contribution in [2.45, 2.75) is 5.16 Å². The van der Waals surface area contributed by atoms with Crippen LogP contribution in [-0.4, -0.2) is 31.7 Å². The van der Waals surface area contributed by atoms with Gasteiger partial charge in [-0.25, -0.2) is 0 Å². The topological polar surface area (TPSA) is 68.0 Å². The molecule has 0 aliphatic rings. The molecule has 0 spiro atoms. The molecule has 0 amide bonds. The molecule has 4 rings (SSSR count). The van der Waals surface area contributed by atoms with Gasteiger partial charge in [0.25, 0.3) is 0 Å². The average molecular weight is 465 g/mol. The van der Waals surface area contributed by atoms with Crippen LogP contribution in [0, 0.1) is 0 Å². The number of thioether (sulfide) groups is 1. The zero-order valence-electron chi connectivity index (χ0n) is 15.3. The number of para-hydroxylation sites is 2. The molecule has 0 aliphatic carbocycles. The van der Waals surface area contributed by atoms with Crippen LogP contribution in [0.5, 0.6) is 0 Å². The first-order chi connectivity index (χ1) is 14.3. The number of nitrogens with zero attached hydrogens (tertiary/aromatic N) is 5. The zero-order chi connectivity index (χ0) is 19.9. The average Bonchev–Trinajstić information content (AvgIpc) is 3.25. The highest BCUT2D eigenvalue weighted by Gasteiger charge is 2.12. The smallest absolute Gasteiger partial charge is 0.214 e. The molecule has 1 aromatic heterocycles. The second-order valence-electron chi connectivity index (χ2n) is 6.04. The molecule has 0 unspecified atom stereocenters. The van der Waals surface area contributed by atoms with Crippen molar-refractivity contribution in [3.05, 3.63) is 95.0 Å². The van der Waals surface area contributed by atoms with Crippen LogP contribution < -0.4 is 5.43 Å². The SMILES string of the molecule is Brc1ccc(C(CSc2nnnn2-c2ccccc2)=NNc2ccccc2)cc1. The lowest BCUT2D eigenvalue weighted by atomic mass is 10.1. The van der Waals surface area contributed by atoms with Gasteiger partial charge in [0.1, 0.15) is 0 Å². The van der Waals surface area contributed by atoms with Crippen molar-refractivity contribution >= 4 is 39.1 Å². The van der Waals surface area contributed by atoms with E-state index in [0.29, 0.717) is 10.9 Å². The monoisotopic (exact) mass is 464 g/mol. The maximum Gasteiger partial charge on any atom is 0.214 e. The number of tetrazole rings is 1. The Labute approximate surface area is 181 Å². The maximum absolute atomic E-state index is 4.65. The van der Waals surface area contributed by atoms with E-state index in [1.165, 1.54) is 11.8 Å². The second-order valence-corrected chi connectivity index (χ2v) is 7.90. The fourth-order valence-electron chi connectivity index (χ4n) is 2.60. The van der Waals surface area contributed by atoms with E-state index in [1.54, 1.807) is 4.68 Å². The van der Waals surface area contributed by atoms with Crippen molar-refractivity contribution in [3.8, 4) is 5.69 Å². The predicted octanol–water partition coefficient (Wildman–Crippen LogP) is 5.03. The molecular formula is C21H17BrN6S. The van der Waals surface area contributed by atoms with E-state index in [1.807, 2.05) is 84.9 Å². The molecule has 1 N–H and O–H groups in total. The van der Waals surface area contributed by atoms with Gasteiger partial charge >= 0.3 is 0 Å². The Morgan fingerprint density at radius 2 is 1.62 bits per heavy atom. The minimum Gasteiger partial charge on any atom is -0.278 e. The van der Waals surface area contributed by atoms with Crippen molar-refractivity contribution in [1.82, 2.24) is 20.2 Å². The lowest BCUT2D eigenvalue weighted by molar-refractivity contribution is 0.757. The van der Waals surface area contributed by atoms with Gasteiger partial charge in [-0.05, 0) is 52.4 Å². The molecule has 0 saturated heterocycles. The summed E-state index contributed by atoms with van der Waals surface area (Å²) in [6.45, 7) is 0.